The lowest BCUT2D eigenvalue weighted by Crippen LogP contribution is -2.39. The quantitative estimate of drug-likeness (QED) is 0.132. The summed E-state index contributed by atoms with van der Waals surface area (Å²) in [6.45, 7) is 4.84. The number of ether oxygens (including phenoxy) is 2. The molecule has 0 aliphatic rings. The van der Waals surface area contributed by atoms with Crippen molar-refractivity contribution in [2.75, 3.05) is 7.11 Å². The van der Waals surface area contributed by atoms with E-state index in [4.69, 9.17) is 24.9 Å². The summed E-state index contributed by atoms with van der Waals surface area (Å²) in [5.41, 5.74) is 9.08. The average molecular weight is 644 g/mol. The molecule has 49 heavy (non-hydrogen) atoms. The number of tetrazole rings is 1. The molecule has 0 fully saturated rings. The highest BCUT2D eigenvalue weighted by Crippen LogP contribution is 2.40. The Kier molecular flexibility index (Phi) is 9.08. The molecule has 0 atom stereocenters. The fraction of sp³-hybridized carbons (Fsp3) is 0.143. The van der Waals surface area contributed by atoms with Gasteiger partial charge in [0.05, 0.1) is 6.61 Å². The predicted octanol–water partition coefficient (Wildman–Crippen LogP) is 8.58. The Morgan fingerprint density at radius 2 is 1.18 bits per heavy atom. The van der Waals surface area contributed by atoms with E-state index >= 15 is 0 Å². The zero-order chi connectivity index (χ0) is 33.6. The number of hydrogen-bond donors (Lipinski definition) is 0. The first kappa shape index (κ1) is 31.7. The molecule has 0 spiro atoms. The van der Waals surface area contributed by atoms with Crippen molar-refractivity contribution in [2.24, 2.45) is 0 Å². The molecule has 0 saturated carbocycles. The van der Waals surface area contributed by atoms with Crippen LogP contribution in [0.25, 0.3) is 22.5 Å². The van der Waals surface area contributed by atoms with Crippen molar-refractivity contribution in [3.8, 4) is 28.3 Å². The summed E-state index contributed by atoms with van der Waals surface area (Å²) in [5, 5.41) is 14.6. The summed E-state index contributed by atoms with van der Waals surface area (Å²) in [6.07, 6.45) is 0. The van der Waals surface area contributed by atoms with Crippen LogP contribution in [-0.2, 0) is 23.5 Å². The highest BCUT2D eigenvalue weighted by atomic mass is 16.5. The molecule has 7 aromatic rings. The van der Waals surface area contributed by atoms with E-state index in [9.17, 15) is 0 Å². The molecule has 7 rings (SSSR count). The van der Waals surface area contributed by atoms with Gasteiger partial charge >= 0.3 is 0 Å². The lowest BCUT2D eigenvalue weighted by atomic mass is 9.77. The molecule has 7 nitrogen and oxygen atoms in total. The molecule has 0 bridgehead atoms. The molecule has 0 aliphatic carbocycles. The van der Waals surface area contributed by atoms with Gasteiger partial charge in [0.2, 0.25) is 5.82 Å². The molecular formula is C42H37N5O2. The lowest BCUT2D eigenvalue weighted by molar-refractivity contribution is 0.178. The topological polar surface area (TPSA) is 75.0 Å². The molecule has 0 N–H and O–H groups in total. The molecule has 0 unspecified atom stereocenters. The maximum absolute atomic E-state index is 6.27. The molecule has 0 saturated heterocycles. The zero-order valence-corrected chi connectivity index (χ0v) is 27.8. The SMILES string of the molecule is COCc1c(OCc2ccc(-c3ccccc3-c3nnn(C(c4ccccc4)(c4ccccc4)c4ccccc4)n3)cc2)cc(C)nc1C. The normalized spacial score (nSPS) is 11.4. The third kappa shape index (κ3) is 6.24. The summed E-state index contributed by atoms with van der Waals surface area (Å²) < 4.78 is 11.7. The van der Waals surface area contributed by atoms with Gasteiger partial charge in [0, 0.05) is 35.7 Å². The van der Waals surface area contributed by atoms with Crippen molar-refractivity contribution in [1.29, 1.82) is 0 Å². The van der Waals surface area contributed by atoms with E-state index < -0.39 is 5.54 Å². The average Bonchev–Trinajstić information content (AvgIpc) is 3.64. The number of aromatic nitrogens is 5. The third-order valence-corrected chi connectivity index (χ3v) is 8.82. The molecule has 0 amide bonds. The maximum atomic E-state index is 6.27. The van der Waals surface area contributed by atoms with E-state index in [0.29, 0.717) is 19.0 Å². The van der Waals surface area contributed by atoms with Gasteiger partial charge < -0.3 is 9.47 Å². The van der Waals surface area contributed by atoms with Gasteiger partial charge in [-0.1, -0.05) is 140 Å². The highest BCUT2D eigenvalue weighted by molar-refractivity contribution is 5.80. The minimum atomic E-state index is -0.847. The van der Waals surface area contributed by atoms with Gasteiger partial charge in [-0.05, 0) is 52.4 Å². The van der Waals surface area contributed by atoms with Crippen molar-refractivity contribution in [2.45, 2.75) is 32.6 Å². The summed E-state index contributed by atoms with van der Waals surface area (Å²) in [7, 11) is 1.68. The Balaban J connectivity index is 1.24. The lowest BCUT2D eigenvalue weighted by Gasteiger charge is -2.34. The summed E-state index contributed by atoms with van der Waals surface area (Å²) in [6, 6.07) is 49.7. The van der Waals surface area contributed by atoms with Crippen LogP contribution in [0, 0.1) is 13.8 Å². The second kappa shape index (κ2) is 14.1. The predicted molar refractivity (Wildman–Crippen MR) is 192 cm³/mol. The van der Waals surface area contributed by atoms with Gasteiger partial charge in [0.1, 0.15) is 12.4 Å². The zero-order valence-electron chi connectivity index (χ0n) is 27.8. The Bertz CT molecular complexity index is 2050. The van der Waals surface area contributed by atoms with Crippen LogP contribution < -0.4 is 4.74 Å². The third-order valence-electron chi connectivity index (χ3n) is 8.82. The second-order valence-corrected chi connectivity index (χ2v) is 12.0. The second-order valence-electron chi connectivity index (χ2n) is 12.0. The van der Waals surface area contributed by atoms with E-state index in [0.717, 1.165) is 61.6 Å². The van der Waals surface area contributed by atoms with Crippen LogP contribution in [0.4, 0.5) is 0 Å². The smallest absolute Gasteiger partial charge is 0.205 e. The van der Waals surface area contributed by atoms with Crippen LogP contribution in [0.3, 0.4) is 0 Å². The number of hydrogen-bond acceptors (Lipinski definition) is 6. The minimum absolute atomic E-state index is 0.429. The molecule has 2 aromatic heterocycles. The van der Waals surface area contributed by atoms with Crippen molar-refractivity contribution >= 4 is 0 Å². The fourth-order valence-electron chi connectivity index (χ4n) is 6.49. The Morgan fingerprint density at radius 3 is 1.76 bits per heavy atom. The number of nitrogens with zero attached hydrogens (tertiary/aromatic N) is 5. The van der Waals surface area contributed by atoms with Crippen LogP contribution in [0.2, 0.25) is 0 Å². The van der Waals surface area contributed by atoms with Gasteiger partial charge in [-0.15, -0.1) is 15.0 Å². The fourth-order valence-corrected chi connectivity index (χ4v) is 6.49. The first-order valence-electron chi connectivity index (χ1n) is 16.3. The Hall–Kier alpha value is -5.92. The minimum Gasteiger partial charge on any atom is -0.488 e. The van der Waals surface area contributed by atoms with Gasteiger partial charge in [0.15, 0.2) is 5.54 Å². The van der Waals surface area contributed by atoms with Crippen molar-refractivity contribution in [3.63, 3.8) is 0 Å². The van der Waals surface area contributed by atoms with Gasteiger partial charge in [-0.2, -0.15) is 0 Å². The van der Waals surface area contributed by atoms with Crippen LogP contribution >= 0.6 is 0 Å². The Labute approximate surface area is 286 Å². The monoisotopic (exact) mass is 643 g/mol. The van der Waals surface area contributed by atoms with E-state index in [1.54, 1.807) is 11.9 Å². The van der Waals surface area contributed by atoms with Crippen LogP contribution in [0.5, 0.6) is 5.75 Å². The number of benzene rings is 5. The number of pyridine rings is 1. The van der Waals surface area contributed by atoms with Crippen LogP contribution in [-0.4, -0.2) is 32.3 Å². The van der Waals surface area contributed by atoms with Gasteiger partial charge in [0.25, 0.3) is 0 Å². The first-order chi connectivity index (χ1) is 24.1. The van der Waals surface area contributed by atoms with Gasteiger partial charge in [-0.3, -0.25) is 4.98 Å². The first-order valence-corrected chi connectivity index (χ1v) is 16.3. The molecule has 2 heterocycles. The van der Waals surface area contributed by atoms with Crippen molar-refractivity contribution in [1.82, 2.24) is 25.2 Å². The van der Waals surface area contributed by atoms with E-state index in [1.165, 1.54) is 0 Å². The van der Waals surface area contributed by atoms with Crippen molar-refractivity contribution in [3.05, 3.63) is 185 Å². The van der Waals surface area contributed by atoms with E-state index in [-0.39, 0.29) is 0 Å². The molecule has 0 aliphatic heterocycles. The van der Waals surface area contributed by atoms with Crippen molar-refractivity contribution < 1.29 is 9.47 Å². The highest BCUT2D eigenvalue weighted by Gasteiger charge is 2.41. The summed E-state index contributed by atoms with van der Waals surface area (Å²) in [5.74, 6) is 1.34. The summed E-state index contributed by atoms with van der Waals surface area (Å²) in [4.78, 5) is 6.33. The number of rotatable bonds is 11. The maximum Gasteiger partial charge on any atom is 0.205 e. The number of aryl methyl sites for hydroxylation is 2. The largest absolute Gasteiger partial charge is 0.488 e. The molecule has 242 valence electrons. The molecule has 5 aromatic carbocycles. The van der Waals surface area contributed by atoms with Crippen LogP contribution in [0.1, 0.15) is 39.2 Å². The van der Waals surface area contributed by atoms with E-state index in [1.807, 2.05) is 56.3 Å². The molecular weight excluding hydrogens is 606 g/mol. The van der Waals surface area contributed by atoms with E-state index in [2.05, 4.69) is 108 Å². The Morgan fingerprint density at radius 1 is 0.633 bits per heavy atom. The standard InChI is InChI=1S/C42H37N5O2/c1-30-27-40(39(29-48-3)31(2)43-30)49-28-32-23-25-33(26-24-32)37-21-13-14-22-38(37)41-44-46-47(45-41)42(34-15-7-4-8-16-34,35-17-9-5-10-18-35)36-19-11-6-12-20-36/h4-27H,28-29H2,1-3H3. The van der Waals surface area contributed by atoms with Crippen LogP contribution in [0.15, 0.2) is 146 Å². The molecule has 0 radical (unpaired) electrons. The molecule has 7 heteroatoms. The number of methoxy groups -OCH3 is 1. The summed E-state index contributed by atoms with van der Waals surface area (Å²) >= 11 is 0. The van der Waals surface area contributed by atoms with Gasteiger partial charge in [-0.25, -0.2) is 0 Å².